The van der Waals surface area contributed by atoms with Crippen molar-refractivity contribution in [1.29, 1.82) is 0 Å². The average Bonchev–Trinajstić information content (AvgIpc) is 3.12. The second kappa shape index (κ2) is 24.2. The van der Waals surface area contributed by atoms with E-state index >= 15 is 0 Å². The van der Waals surface area contributed by atoms with Crippen molar-refractivity contribution in [2.24, 2.45) is 9.98 Å². The first-order chi connectivity index (χ1) is 23.6. The second-order valence-electron chi connectivity index (χ2n) is 13.9. The van der Waals surface area contributed by atoms with Crippen molar-refractivity contribution in [1.82, 2.24) is 0 Å². The Morgan fingerprint density at radius 1 is 0.500 bits per heavy atom. The van der Waals surface area contributed by atoms with Gasteiger partial charge in [-0.05, 0) is 115 Å². The summed E-state index contributed by atoms with van der Waals surface area (Å²) in [5.41, 5.74) is 11.9. The van der Waals surface area contributed by atoms with Crippen LogP contribution in [-0.4, -0.2) is 11.9 Å². The molecule has 2 heteroatoms. The quantitative estimate of drug-likeness (QED) is 0.0645. The summed E-state index contributed by atoms with van der Waals surface area (Å²) < 4.78 is 0. The van der Waals surface area contributed by atoms with Crippen molar-refractivity contribution in [3.05, 3.63) is 82.9 Å². The zero-order chi connectivity index (χ0) is 34.2. The summed E-state index contributed by atoms with van der Waals surface area (Å²) in [6.07, 6.45) is 28.6. The average molecular weight is 649 g/mol. The van der Waals surface area contributed by atoms with E-state index < -0.39 is 0 Å². The highest BCUT2D eigenvalue weighted by atomic mass is 14.8. The van der Waals surface area contributed by atoms with Gasteiger partial charge in [-0.1, -0.05) is 148 Å². The molecule has 0 aromatic heterocycles. The fourth-order valence-electron chi connectivity index (χ4n) is 6.79. The van der Waals surface area contributed by atoms with Gasteiger partial charge in [0.1, 0.15) is 0 Å². The summed E-state index contributed by atoms with van der Waals surface area (Å²) in [5.74, 6) is 0. The number of hydrogen-bond donors (Lipinski definition) is 0. The molecule has 0 saturated carbocycles. The molecule has 262 valence electrons. The summed E-state index contributed by atoms with van der Waals surface area (Å²) in [7, 11) is 0. The lowest BCUT2D eigenvalue weighted by Gasteiger charge is -2.17. The summed E-state index contributed by atoms with van der Waals surface area (Å²) in [6.45, 7) is 11.4. The first kappa shape index (κ1) is 39.4. The van der Waals surface area contributed by atoms with Crippen molar-refractivity contribution in [2.45, 2.75) is 169 Å². The molecule has 0 atom stereocenters. The molecule has 48 heavy (non-hydrogen) atoms. The topological polar surface area (TPSA) is 24.7 Å². The Morgan fingerprint density at radius 2 is 1.04 bits per heavy atom. The molecule has 3 aromatic carbocycles. The summed E-state index contributed by atoms with van der Waals surface area (Å²) in [6, 6.07) is 22.4. The van der Waals surface area contributed by atoms with Crippen molar-refractivity contribution >= 4 is 23.3 Å². The van der Waals surface area contributed by atoms with Gasteiger partial charge in [-0.2, -0.15) is 0 Å². The van der Waals surface area contributed by atoms with Gasteiger partial charge in [0, 0.05) is 6.21 Å². The van der Waals surface area contributed by atoms with Crippen LogP contribution in [0.15, 0.2) is 70.6 Å². The molecule has 0 radical (unpaired) electrons. The Morgan fingerprint density at radius 3 is 1.65 bits per heavy atom. The molecule has 0 heterocycles. The molecule has 2 nitrogen and oxygen atoms in total. The zero-order valence-corrected chi connectivity index (χ0v) is 31.6. The second-order valence-corrected chi connectivity index (χ2v) is 13.9. The zero-order valence-electron chi connectivity index (χ0n) is 31.6. The third kappa shape index (κ3) is 14.2. The Kier molecular flexibility index (Phi) is 19.9. The van der Waals surface area contributed by atoms with E-state index in [2.05, 4.69) is 95.3 Å². The van der Waals surface area contributed by atoms with Gasteiger partial charge in [-0.3, -0.25) is 9.98 Å². The highest BCUT2D eigenvalue weighted by Gasteiger charge is 2.12. The van der Waals surface area contributed by atoms with Gasteiger partial charge in [0.2, 0.25) is 0 Å². The van der Waals surface area contributed by atoms with Crippen molar-refractivity contribution in [3.63, 3.8) is 0 Å². The Balaban J connectivity index is 1.89. The monoisotopic (exact) mass is 649 g/mol. The van der Waals surface area contributed by atoms with E-state index in [0.717, 1.165) is 36.3 Å². The van der Waals surface area contributed by atoms with E-state index in [0.29, 0.717) is 0 Å². The van der Waals surface area contributed by atoms with Gasteiger partial charge >= 0.3 is 0 Å². The van der Waals surface area contributed by atoms with Crippen LogP contribution in [0.1, 0.15) is 166 Å². The van der Waals surface area contributed by atoms with E-state index in [-0.39, 0.29) is 0 Å². The number of benzene rings is 3. The molecule has 3 aromatic rings. The highest BCUT2D eigenvalue weighted by Crippen LogP contribution is 2.31. The van der Waals surface area contributed by atoms with Crippen molar-refractivity contribution in [3.8, 4) is 11.1 Å². The van der Waals surface area contributed by atoms with Gasteiger partial charge in [-0.15, -0.1) is 0 Å². The Hall–Kier alpha value is -3.00. The first-order valence-electron chi connectivity index (χ1n) is 20.1. The van der Waals surface area contributed by atoms with Gasteiger partial charge in [0.25, 0.3) is 0 Å². The van der Waals surface area contributed by atoms with Crippen LogP contribution in [0.3, 0.4) is 0 Å². The van der Waals surface area contributed by atoms with Crippen LogP contribution in [0, 0.1) is 0 Å². The fourth-order valence-corrected chi connectivity index (χ4v) is 6.79. The van der Waals surface area contributed by atoms with Crippen LogP contribution in [0.2, 0.25) is 0 Å². The standard InChI is InChI=1S/C46H68N2/c1-6-11-15-17-19-22-30-41-35-44(34-40(27-14-9-4)45(41)31-25-20-18-16-12-7-2)47-37-42(10-5)48-43-33-32-39(26-13-8-3)46(36-43)38-28-23-21-24-29-38/h21,23-24,28-29,32-37H,6-20,22,25-27,30-31H2,1-5H3. The SMILES string of the molecule is CCCCCCCCc1cc(N=CC(CC)=Nc2ccc(CCCC)c(-c3ccccc3)c2)cc(CCCC)c1CCCCCCCC. The minimum absolute atomic E-state index is 0.852. The molecule has 0 unspecified atom stereocenters. The minimum Gasteiger partial charge on any atom is -0.255 e. The number of unbranched alkanes of at least 4 members (excludes halogenated alkanes) is 12. The third-order valence-corrected chi connectivity index (χ3v) is 9.77. The lowest BCUT2D eigenvalue weighted by atomic mass is 9.89. The normalized spacial score (nSPS) is 12.0. The van der Waals surface area contributed by atoms with E-state index in [1.165, 1.54) is 132 Å². The maximum atomic E-state index is 5.14. The van der Waals surface area contributed by atoms with E-state index in [9.17, 15) is 0 Å². The summed E-state index contributed by atoms with van der Waals surface area (Å²) in [4.78, 5) is 10.3. The number of aryl methyl sites for hydroxylation is 3. The largest absolute Gasteiger partial charge is 0.255 e. The molecule has 0 N–H and O–H groups in total. The van der Waals surface area contributed by atoms with Gasteiger partial charge in [-0.25, -0.2) is 0 Å². The fraction of sp³-hybridized carbons (Fsp3) is 0.565. The van der Waals surface area contributed by atoms with Crippen LogP contribution in [0.5, 0.6) is 0 Å². The van der Waals surface area contributed by atoms with Crippen LogP contribution in [0.25, 0.3) is 11.1 Å². The molecule has 0 aliphatic carbocycles. The van der Waals surface area contributed by atoms with E-state index in [1.807, 2.05) is 6.21 Å². The molecule has 0 fully saturated rings. The lowest BCUT2D eigenvalue weighted by Crippen LogP contribution is -2.03. The molecule has 0 aliphatic rings. The minimum atomic E-state index is 0.852. The van der Waals surface area contributed by atoms with Crippen molar-refractivity contribution in [2.75, 3.05) is 0 Å². The number of nitrogens with zero attached hydrogens (tertiary/aromatic N) is 2. The number of hydrogen-bond acceptors (Lipinski definition) is 2. The smallest absolute Gasteiger partial charge is 0.0640 e. The van der Waals surface area contributed by atoms with Gasteiger partial charge in [0.05, 0.1) is 17.1 Å². The predicted molar refractivity (Wildman–Crippen MR) is 215 cm³/mol. The molecule has 0 amide bonds. The molecular weight excluding hydrogens is 581 g/mol. The number of rotatable bonds is 25. The van der Waals surface area contributed by atoms with Crippen LogP contribution in [-0.2, 0) is 25.7 Å². The van der Waals surface area contributed by atoms with Crippen molar-refractivity contribution < 1.29 is 0 Å². The maximum absolute atomic E-state index is 5.14. The molecular formula is C46H68N2. The summed E-state index contributed by atoms with van der Waals surface area (Å²) in [5, 5.41) is 0. The Labute approximate surface area is 296 Å². The Bertz CT molecular complexity index is 1350. The maximum Gasteiger partial charge on any atom is 0.0640 e. The van der Waals surface area contributed by atoms with Crippen LogP contribution in [0.4, 0.5) is 11.4 Å². The van der Waals surface area contributed by atoms with Gasteiger partial charge in [0.15, 0.2) is 0 Å². The summed E-state index contributed by atoms with van der Waals surface area (Å²) >= 11 is 0. The molecule has 0 bridgehead atoms. The van der Waals surface area contributed by atoms with E-state index in [4.69, 9.17) is 9.98 Å². The molecule has 0 saturated heterocycles. The van der Waals surface area contributed by atoms with Crippen LogP contribution >= 0.6 is 0 Å². The molecule has 0 spiro atoms. The van der Waals surface area contributed by atoms with Gasteiger partial charge < -0.3 is 0 Å². The van der Waals surface area contributed by atoms with E-state index in [1.54, 1.807) is 16.7 Å². The van der Waals surface area contributed by atoms with Crippen LogP contribution < -0.4 is 0 Å². The number of aliphatic imine (C=N–C) groups is 2. The molecule has 3 rings (SSSR count). The third-order valence-electron chi connectivity index (χ3n) is 9.77. The predicted octanol–water partition coefficient (Wildman–Crippen LogP) is 14.7. The first-order valence-corrected chi connectivity index (χ1v) is 20.1. The highest BCUT2D eigenvalue weighted by molar-refractivity contribution is 6.31. The molecule has 0 aliphatic heterocycles. The lowest BCUT2D eigenvalue weighted by molar-refractivity contribution is 0.597.